The molecular weight excluding hydrogens is 300 g/mol. The van der Waals surface area contributed by atoms with Crippen LogP contribution in [0.3, 0.4) is 0 Å². The van der Waals surface area contributed by atoms with E-state index in [1.54, 1.807) is 24.4 Å². The van der Waals surface area contributed by atoms with Crippen LogP contribution in [0.15, 0.2) is 24.4 Å². The lowest BCUT2D eigenvalue weighted by molar-refractivity contribution is -0.153. The van der Waals surface area contributed by atoms with Gasteiger partial charge in [0, 0.05) is 24.8 Å². The Hall–Kier alpha value is -1.54. The van der Waals surface area contributed by atoms with Crippen LogP contribution in [0.1, 0.15) is 19.3 Å². The highest BCUT2D eigenvalue weighted by molar-refractivity contribution is 8.29. The maximum Gasteiger partial charge on any atom is 0.304 e. The number of rotatable bonds is 5. The van der Waals surface area contributed by atoms with Crippen LogP contribution < -0.4 is 0 Å². The SMILES string of the molecule is O=C(O)CCS(=S)C1C=CC=CN1N1C(=O)CCC1=O. The Morgan fingerprint density at radius 1 is 1.35 bits per heavy atom. The van der Waals surface area contributed by atoms with Crippen molar-refractivity contribution in [3.63, 3.8) is 0 Å². The summed E-state index contributed by atoms with van der Waals surface area (Å²) in [5, 5.41) is 11.0. The molecule has 108 valence electrons. The summed E-state index contributed by atoms with van der Waals surface area (Å²) in [5.41, 5.74) is 0. The Morgan fingerprint density at radius 2 is 2.00 bits per heavy atom. The molecule has 2 amide bonds. The van der Waals surface area contributed by atoms with Crippen LogP contribution in [0.4, 0.5) is 0 Å². The summed E-state index contributed by atoms with van der Waals surface area (Å²) in [6.07, 6.45) is 7.35. The van der Waals surface area contributed by atoms with Gasteiger partial charge >= 0.3 is 5.97 Å². The monoisotopic (exact) mass is 314 g/mol. The van der Waals surface area contributed by atoms with Crippen LogP contribution in [-0.2, 0) is 35.0 Å². The van der Waals surface area contributed by atoms with Gasteiger partial charge in [0.05, 0.1) is 6.42 Å². The van der Waals surface area contributed by atoms with Gasteiger partial charge in [-0.05, 0) is 23.3 Å². The highest BCUT2D eigenvalue weighted by Crippen LogP contribution is 2.22. The zero-order chi connectivity index (χ0) is 14.7. The largest absolute Gasteiger partial charge is 0.481 e. The van der Waals surface area contributed by atoms with E-state index >= 15 is 0 Å². The fraction of sp³-hybridized carbons (Fsp3) is 0.417. The first-order valence-electron chi connectivity index (χ1n) is 6.08. The summed E-state index contributed by atoms with van der Waals surface area (Å²) < 4.78 is 0. The van der Waals surface area contributed by atoms with E-state index in [0.29, 0.717) is 5.75 Å². The van der Waals surface area contributed by atoms with E-state index in [4.69, 9.17) is 16.3 Å². The minimum atomic E-state index is -0.900. The number of carbonyl (C=O) groups is 3. The van der Waals surface area contributed by atoms with E-state index < -0.39 is 15.4 Å². The normalized spacial score (nSPS) is 23.5. The van der Waals surface area contributed by atoms with Gasteiger partial charge in [0.25, 0.3) is 0 Å². The van der Waals surface area contributed by atoms with Crippen LogP contribution >= 0.6 is 0 Å². The molecule has 2 heterocycles. The molecule has 2 atom stereocenters. The van der Waals surface area contributed by atoms with E-state index in [1.807, 2.05) is 0 Å². The molecule has 0 spiro atoms. The number of hydrogen-bond acceptors (Lipinski definition) is 5. The van der Waals surface area contributed by atoms with Gasteiger partial charge < -0.3 is 5.11 Å². The molecule has 0 saturated carbocycles. The maximum atomic E-state index is 11.8. The molecule has 2 unspecified atom stereocenters. The minimum Gasteiger partial charge on any atom is -0.481 e. The van der Waals surface area contributed by atoms with Crippen LogP contribution in [0.2, 0.25) is 0 Å². The number of carboxylic acids is 1. The Balaban J connectivity index is 2.14. The first kappa shape index (κ1) is 14.9. The second-order valence-electron chi connectivity index (χ2n) is 4.32. The van der Waals surface area contributed by atoms with Crippen molar-refractivity contribution < 1.29 is 19.5 Å². The zero-order valence-electron chi connectivity index (χ0n) is 10.6. The Bertz CT molecular complexity index is 514. The molecule has 1 saturated heterocycles. The van der Waals surface area contributed by atoms with E-state index in [2.05, 4.69) is 0 Å². The molecule has 20 heavy (non-hydrogen) atoms. The highest BCUT2D eigenvalue weighted by atomic mass is 32.8. The minimum absolute atomic E-state index is 0.0175. The molecule has 2 aliphatic rings. The standard InChI is InChI=1S/C12H14N2O4S2/c15-9-4-5-10(16)14(9)13-7-2-1-3-11(13)20(19)8-6-12(17)18/h1-3,7,11H,4-6,8H2,(H,17,18). The fourth-order valence-corrected chi connectivity index (χ4v) is 3.99. The number of imide groups is 1. The van der Waals surface area contributed by atoms with E-state index in [0.717, 1.165) is 5.01 Å². The van der Waals surface area contributed by atoms with Crippen LogP contribution in [0.5, 0.6) is 0 Å². The summed E-state index contributed by atoms with van der Waals surface area (Å²) >= 11 is 5.35. The fourth-order valence-electron chi connectivity index (χ4n) is 1.99. The van der Waals surface area contributed by atoms with Crippen molar-refractivity contribution in [2.75, 3.05) is 5.75 Å². The van der Waals surface area contributed by atoms with E-state index in [1.165, 1.54) is 5.01 Å². The molecule has 0 aromatic carbocycles. The van der Waals surface area contributed by atoms with Gasteiger partial charge in [-0.2, -0.15) is 5.01 Å². The van der Waals surface area contributed by atoms with Gasteiger partial charge in [-0.25, -0.2) is 0 Å². The number of allylic oxidation sites excluding steroid dienone is 2. The summed E-state index contributed by atoms with van der Waals surface area (Å²) in [5.74, 6) is -1.06. The van der Waals surface area contributed by atoms with Crippen molar-refractivity contribution in [1.82, 2.24) is 10.0 Å². The second-order valence-corrected chi connectivity index (χ2v) is 7.26. The quantitative estimate of drug-likeness (QED) is 0.736. The Labute approximate surface area is 123 Å². The first-order chi connectivity index (χ1) is 9.50. The molecule has 0 aliphatic carbocycles. The molecule has 0 aromatic heterocycles. The molecule has 0 radical (unpaired) electrons. The van der Waals surface area contributed by atoms with Gasteiger partial charge in [0.15, 0.2) is 0 Å². The molecule has 2 aliphatic heterocycles. The number of carbonyl (C=O) groups excluding carboxylic acids is 2. The molecule has 6 nitrogen and oxygen atoms in total. The molecule has 0 aromatic rings. The van der Waals surface area contributed by atoms with Crippen molar-refractivity contribution in [2.45, 2.75) is 24.6 Å². The number of amides is 2. The number of hydrogen-bond donors (Lipinski definition) is 1. The van der Waals surface area contributed by atoms with Crippen LogP contribution in [0, 0.1) is 0 Å². The zero-order valence-corrected chi connectivity index (χ0v) is 12.2. The molecule has 1 N–H and O–H groups in total. The third-order valence-corrected chi connectivity index (χ3v) is 5.54. The summed E-state index contributed by atoms with van der Waals surface area (Å²) in [6, 6.07) is 0. The van der Waals surface area contributed by atoms with Gasteiger partial charge in [0.1, 0.15) is 5.37 Å². The lowest BCUT2D eigenvalue weighted by atomic mass is 10.4. The predicted molar refractivity (Wildman–Crippen MR) is 76.8 cm³/mol. The number of hydrazine groups is 1. The van der Waals surface area contributed by atoms with Crippen molar-refractivity contribution in [3.8, 4) is 0 Å². The number of nitrogens with zero attached hydrogens (tertiary/aromatic N) is 2. The van der Waals surface area contributed by atoms with Gasteiger partial charge in [-0.1, -0.05) is 15.5 Å². The molecule has 0 bridgehead atoms. The smallest absolute Gasteiger partial charge is 0.304 e. The predicted octanol–water partition coefficient (Wildman–Crippen LogP) is 0.317. The average Bonchev–Trinajstić information content (AvgIpc) is 2.75. The molecule has 2 rings (SSSR count). The van der Waals surface area contributed by atoms with Crippen molar-refractivity contribution >= 4 is 38.4 Å². The van der Waals surface area contributed by atoms with Crippen LogP contribution in [0.25, 0.3) is 0 Å². The van der Waals surface area contributed by atoms with Gasteiger partial charge in [-0.15, -0.1) is 0 Å². The number of carboxylic acid groups (broad SMARTS) is 1. The topological polar surface area (TPSA) is 77.9 Å². The van der Waals surface area contributed by atoms with Gasteiger partial charge in [0.2, 0.25) is 11.8 Å². The summed E-state index contributed by atoms with van der Waals surface area (Å²) in [7, 11) is -0.689. The van der Waals surface area contributed by atoms with Crippen molar-refractivity contribution in [1.29, 1.82) is 0 Å². The van der Waals surface area contributed by atoms with Crippen LogP contribution in [-0.4, -0.2) is 44.0 Å². The number of aliphatic carboxylic acids is 1. The molecular formula is C12H14N2O4S2. The third-order valence-electron chi connectivity index (χ3n) is 2.93. The first-order valence-corrected chi connectivity index (χ1v) is 8.47. The summed E-state index contributed by atoms with van der Waals surface area (Å²) in [6.45, 7) is 0. The van der Waals surface area contributed by atoms with Crippen molar-refractivity contribution in [2.24, 2.45) is 0 Å². The lowest BCUT2D eigenvalue weighted by Crippen LogP contribution is -2.50. The maximum absolute atomic E-state index is 11.8. The van der Waals surface area contributed by atoms with E-state index in [9.17, 15) is 14.4 Å². The second kappa shape index (κ2) is 6.27. The van der Waals surface area contributed by atoms with Crippen molar-refractivity contribution in [3.05, 3.63) is 24.4 Å². The molecule has 1 fully saturated rings. The summed E-state index contributed by atoms with van der Waals surface area (Å²) in [4.78, 5) is 34.2. The van der Waals surface area contributed by atoms with E-state index in [-0.39, 0.29) is 36.5 Å². The van der Waals surface area contributed by atoms with Gasteiger partial charge in [-0.3, -0.25) is 19.4 Å². The lowest BCUT2D eigenvalue weighted by Gasteiger charge is -2.36. The molecule has 8 heteroatoms. The third kappa shape index (κ3) is 3.13. The average molecular weight is 314 g/mol. The highest BCUT2D eigenvalue weighted by Gasteiger charge is 2.36. The Kier molecular flexibility index (Phi) is 4.66. The Morgan fingerprint density at radius 3 is 2.60 bits per heavy atom.